The lowest BCUT2D eigenvalue weighted by molar-refractivity contribution is -0.137. The van der Waals surface area contributed by atoms with Gasteiger partial charge in [0, 0.05) is 0 Å². The topological polar surface area (TPSA) is 0 Å². The third kappa shape index (κ3) is 4.25. The Morgan fingerprint density at radius 2 is 1.81 bits per heavy atom. The molecule has 0 aliphatic heterocycles. The average Bonchev–Trinajstić information content (AvgIpc) is 2.13. The first-order chi connectivity index (χ1) is 7.18. The molecule has 0 spiro atoms. The van der Waals surface area contributed by atoms with Crippen LogP contribution in [0, 0.1) is 11.5 Å². The highest BCUT2D eigenvalue weighted by atomic mass is 19.4. The van der Waals surface area contributed by atoms with Gasteiger partial charge in [0.2, 0.25) is 0 Å². The van der Waals surface area contributed by atoms with E-state index in [0.717, 1.165) is 12.5 Å². The van der Waals surface area contributed by atoms with Crippen LogP contribution < -0.4 is 0 Å². The Kier molecular flexibility index (Phi) is 3.66. The zero-order valence-corrected chi connectivity index (χ0v) is 9.78. The Morgan fingerprint density at radius 3 is 2.31 bits per heavy atom. The number of aryl methyl sites for hydroxylation is 1. The first-order valence-electron chi connectivity index (χ1n) is 5.26. The van der Waals surface area contributed by atoms with Crippen molar-refractivity contribution >= 4 is 0 Å². The van der Waals surface area contributed by atoms with Gasteiger partial charge < -0.3 is 0 Å². The van der Waals surface area contributed by atoms with Crippen molar-refractivity contribution < 1.29 is 13.2 Å². The number of hydrogen-bond donors (Lipinski definition) is 0. The molecule has 1 radical (unpaired) electrons. The van der Waals surface area contributed by atoms with Gasteiger partial charge in [0.1, 0.15) is 0 Å². The molecule has 0 heterocycles. The van der Waals surface area contributed by atoms with Crippen LogP contribution in [0.3, 0.4) is 0 Å². The summed E-state index contributed by atoms with van der Waals surface area (Å²) in [6.07, 6.45) is -2.77. The second kappa shape index (κ2) is 4.48. The number of rotatable bonds is 2. The van der Waals surface area contributed by atoms with Gasteiger partial charge in [0.05, 0.1) is 5.56 Å². The van der Waals surface area contributed by atoms with Gasteiger partial charge in [-0.15, -0.1) is 0 Å². The molecular weight excluding hydrogens is 213 g/mol. The molecule has 0 N–H and O–H groups in total. The lowest BCUT2D eigenvalue weighted by Crippen LogP contribution is -2.08. The number of halogens is 3. The lowest BCUT2D eigenvalue weighted by Gasteiger charge is -2.18. The third-order valence-electron chi connectivity index (χ3n) is 2.33. The summed E-state index contributed by atoms with van der Waals surface area (Å²) < 4.78 is 37.3. The fraction of sp³-hybridized carbons (Fsp3) is 0.538. The van der Waals surface area contributed by atoms with Crippen molar-refractivity contribution in [3.05, 3.63) is 35.4 Å². The van der Waals surface area contributed by atoms with Crippen molar-refractivity contribution in [2.75, 3.05) is 0 Å². The zero-order chi connectivity index (χ0) is 12.4. The van der Waals surface area contributed by atoms with Crippen molar-refractivity contribution in [2.45, 2.75) is 39.8 Å². The van der Waals surface area contributed by atoms with Gasteiger partial charge in [0.15, 0.2) is 0 Å². The standard InChI is InChI=1S/C13H16F3/c1-12(2,3)8-7-10-5-4-6-11(9-10)13(14,15)16/h4,6,9H,7-8H2,1-3H3. The highest BCUT2D eigenvalue weighted by Gasteiger charge is 2.30. The molecule has 1 aromatic rings. The number of hydrogen-bond acceptors (Lipinski definition) is 0. The molecule has 1 aromatic carbocycles. The molecule has 0 nitrogen and oxygen atoms in total. The fourth-order valence-electron chi connectivity index (χ4n) is 1.35. The van der Waals surface area contributed by atoms with E-state index in [4.69, 9.17) is 0 Å². The average molecular weight is 229 g/mol. The lowest BCUT2D eigenvalue weighted by atomic mass is 9.88. The molecule has 0 aromatic heterocycles. The van der Waals surface area contributed by atoms with Crippen molar-refractivity contribution in [1.82, 2.24) is 0 Å². The Morgan fingerprint density at radius 1 is 1.19 bits per heavy atom. The van der Waals surface area contributed by atoms with E-state index in [-0.39, 0.29) is 5.41 Å². The molecule has 0 aliphatic rings. The van der Waals surface area contributed by atoms with E-state index in [2.05, 4.69) is 26.8 Å². The Hall–Kier alpha value is -0.990. The summed E-state index contributed by atoms with van der Waals surface area (Å²) in [6, 6.07) is 6.44. The van der Waals surface area contributed by atoms with Crippen LogP contribution in [0.5, 0.6) is 0 Å². The molecular formula is C13H16F3. The molecule has 0 unspecified atom stereocenters. The van der Waals surface area contributed by atoms with E-state index in [9.17, 15) is 13.2 Å². The summed E-state index contributed by atoms with van der Waals surface area (Å²) in [4.78, 5) is 0. The van der Waals surface area contributed by atoms with E-state index in [1.807, 2.05) is 0 Å². The molecule has 0 saturated carbocycles. The first-order valence-corrected chi connectivity index (χ1v) is 5.26. The summed E-state index contributed by atoms with van der Waals surface area (Å²) in [5.74, 6) is 0. The van der Waals surface area contributed by atoms with Gasteiger partial charge in [-0.25, -0.2) is 0 Å². The quantitative estimate of drug-likeness (QED) is 0.701. The van der Waals surface area contributed by atoms with Crippen molar-refractivity contribution in [3.63, 3.8) is 0 Å². The van der Waals surface area contributed by atoms with Crippen molar-refractivity contribution in [1.29, 1.82) is 0 Å². The summed E-state index contributed by atoms with van der Waals surface area (Å²) in [7, 11) is 0. The molecule has 0 amide bonds. The molecule has 16 heavy (non-hydrogen) atoms. The minimum atomic E-state index is -4.26. The summed E-state index contributed by atoms with van der Waals surface area (Å²) in [5.41, 5.74) is 0.169. The van der Waals surface area contributed by atoms with Crippen LogP contribution in [0.25, 0.3) is 0 Å². The van der Waals surface area contributed by atoms with Gasteiger partial charge >= 0.3 is 6.18 Å². The van der Waals surface area contributed by atoms with Crippen LogP contribution in [0.2, 0.25) is 0 Å². The number of benzene rings is 1. The molecule has 89 valence electrons. The minimum Gasteiger partial charge on any atom is -0.166 e. The maximum absolute atomic E-state index is 12.4. The maximum Gasteiger partial charge on any atom is 0.416 e. The van der Waals surface area contributed by atoms with Crippen LogP contribution in [0.1, 0.15) is 38.3 Å². The van der Waals surface area contributed by atoms with E-state index < -0.39 is 11.7 Å². The highest BCUT2D eigenvalue weighted by Crippen LogP contribution is 2.30. The second-order valence-electron chi connectivity index (χ2n) is 5.16. The third-order valence-corrected chi connectivity index (χ3v) is 2.33. The zero-order valence-electron chi connectivity index (χ0n) is 9.78. The molecule has 0 atom stereocenters. The molecule has 3 heteroatoms. The van der Waals surface area contributed by atoms with Crippen molar-refractivity contribution in [2.24, 2.45) is 5.41 Å². The highest BCUT2D eigenvalue weighted by molar-refractivity contribution is 5.24. The maximum atomic E-state index is 12.4. The summed E-state index contributed by atoms with van der Waals surface area (Å²) >= 11 is 0. The fourth-order valence-corrected chi connectivity index (χ4v) is 1.35. The predicted octanol–water partition coefficient (Wildman–Crippen LogP) is 4.48. The molecule has 0 bridgehead atoms. The normalized spacial score (nSPS) is 12.9. The largest absolute Gasteiger partial charge is 0.416 e. The molecule has 0 fully saturated rings. The van der Waals surface area contributed by atoms with E-state index in [0.29, 0.717) is 12.0 Å². The van der Waals surface area contributed by atoms with Gasteiger partial charge in [-0.2, -0.15) is 13.2 Å². The van der Waals surface area contributed by atoms with Crippen LogP contribution in [0.4, 0.5) is 13.2 Å². The second-order valence-corrected chi connectivity index (χ2v) is 5.16. The van der Waals surface area contributed by atoms with Gasteiger partial charge in [-0.05, 0) is 42.0 Å². The summed E-state index contributed by atoms with van der Waals surface area (Å²) in [5, 5.41) is 0. The van der Waals surface area contributed by atoms with E-state index in [1.165, 1.54) is 12.1 Å². The monoisotopic (exact) mass is 229 g/mol. The number of alkyl halides is 3. The SMILES string of the molecule is CC(C)(C)CCc1[c]ccc(C(F)(F)F)c1. The summed E-state index contributed by atoms with van der Waals surface area (Å²) in [6.45, 7) is 6.21. The molecule has 0 aliphatic carbocycles. The van der Waals surface area contributed by atoms with Crippen molar-refractivity contribution in [3.8, 4) is 0 Å². The van der Waals surface area contributed by atoms with Crippen LogP contribution >= 0.6 is 0 Å². The van der Waals surface area contributed by atoms with E-state index in [1.54, 1.807) is 0 Å². The van der Waals surface area contributed by atoms with Gasteiger partial charge in [-0.3, -0.25) is 0 Å². The Bertz CT molecular complexity index is 345. The Balaban J connectivity index is 2.76. The van der Waals surface area contributed by atoms with Crippen LogP contribution in [-0.2, 0) is 12.6 Å². The molecule has 0 saturated heterocycles. The predicted molar refractivity (Wildman–Crippen MR) is 58.1 cm³/mol. The van der Waals surface area contributed by atoms with E-state index >= 15 is 0 Å². The first kappa shape index (κ1) is 13.1. The Labute approximate surface area is 94.5 Å². The van der Waals surface area contributed by atoms with Gasteiger partial charge in [-0.1, -0.05) is 26.8 Å². The van der Waals surface area contributed by atoms with Gasteiger partial charge in [0.25, 0.3) is 0 Å². The van der Waals surface area contributed by atoms with Crippen LogP contribution in [-0.4, -0.2) is 0 Å². The van der Waals surface area contributed by atoms with Crippen LogP contribution in [0.15, 0.2) is 18.2 Å². The minimum absolute atomic E-state index is 0.127. The molecule has 1 rings (SSSR count). The smallest absolute Gasteiger partial charge is 0.166 e.